The van der Waals surface area contributed by atoms with Crippen LogP contribution in [0, 0.1) is 16.2 Å². The van der Waals surface area contributed by atoms with E-state index < -0.39 is 0 Å². The van der Waals surface area contributed by atoms with Gasteiger partial charge in [0.15, 0.2) is 0 Å². The van der Waals surface area contributed by atoms with Crippen LogP contribution in [0.5, 0.6) is 0 Å². The van der Waals surface area contributed by atoms with Gasteiger partial charge in [-0.15, -0.1) is 0 Å². The Hall–Kier alpha value is -2.34. The van der Waals surface area contributed by atoms with E-state index in [2.05, 4.69) is 81.0 Å². The van der Waals surface area contributed by atoms with Crippen LogP contribution < -0.4 is 0 Å². The van der Waals surface area contributed by atoms with E-state index >= 15 is 0 Å². The Labute approximate surface area is 214 Å². The Bertz CT molecular complexity index is 1330. The molecule has 0 aliphatic heterocycles. The molecular formula is C35H44. The van der Waals surface area contributed by atoms with E-state index in [4.69, 9.17) is 13.2 Å². The molecule has 3 atom stereocenters. The molecule has 0 spiro atoms. The number of fused-ring (bicyclic) bond motifs is 5. The number of hydrogen-bond acceptors (Lipinski definition) is 0. The molecule has 0 fully saturated rings. The minimum Gasteiger partial charge on any atom is -0.0955 e. The van der Waals surface area contributed by atoms with Crippen LogP contribution in [-0.2, 0) is 12.8 Å². The van der Waals surface area contributed by atoms with Crippen molar-refractivity contribution in [2.45, 2.75) is 93.9 Å². The van der Waals surface area contributed by atoms with Crippen molar-refractivity contribution < 1.29 is 0 Å². The summed E-state index contributed by atoms with van der Waals surface area (Å²) in [5, 5.41) is 0. The van der Waals surface area contributed by atoms with E-state index in [0.29, 0.717) is 5.92 Å². The minimum absolute atomic E-state index is 0.0860. The summed E-state index contributed by atoms with van der Waals surface area (Å²) in [5.41, 5.74) is 18.5. The van der Waals surface area contributed by atoms with E-state index in [-0.39, 0.29) is 16.2 Å². The van der Waals surface area contributed by atoms with Crippen LogP contribution >= 0.6 is 0 Å². The Kier molecular flexibility index (Phi) is 5.11. The average Bonchev–Trinajstić information content (AvgIpc) is 3.09. The fraction of sp³-hybridized carbons (Fsp3) is 0.486. The van der Waals surface area contributed by atoms with E-state index in [1.165, 1.54) is 61.3 Å². The highest BCUT2D eigenvalue weighted by Crippen LogP contribution is 2.70. The molecular weight excluding hydrogens is 420 g/mol. The number of hydrogen-bond donors (Lipinski definition) is 0. The zero-order chi connectivity index (χ0) is 25.8. The average molecular weight is 465 g/mol. The standard InChI is InChI=1S/C35H44/c1-19(2)27-15-26-13-21(5)14-28(26)31-23(7)32-25(9)35(12)24(8)30(20(3)4)22(6)16-34(35,11)18-33(32,10)17-29(27)31/h13,15,19H,3,7-8,14,16-18H2,1-2,4-6,9-12H3/t33-,34+,35-/m1/s1. The third kappa shape index (κ3) is 2.98. The van der Waals surface area contributed by atoms with Crippen molar-refractivity contribution >= 4 is 11.6 Å². The topological polar surface area (TPSA) is 0 Å². The Morgan fingerprint density at radius 2 is 1.66 bits per heavy atom. The molecule has 1 aromatic rings. The maximum absolute atomic E-state index is 4.88. The van der Waals surface area contributed by atoms with Gasteiger partial charge in [-0.25, -0.2) is 0 Å². The first-order valence-corrected chi connectivity index (χ1v) is 13.5. The molecule has 0 amide bonds. The van der Waals surface area contributed by atoms with Crippen molar-refractivity contribution in [3.05, 3.63) is 92.6 Å². The fourth-order valence-corrected chi connectivity index (χ4v) is 8.97. The molecule has 0 aromatic heterocycles. The van der Waals surface area contributed by atoms with Gasteiger partial charge < -0.3 is 0 Å². The summed E-state index contributed by atoms with van der Waals surface area (Å²) < 4.78 is 0. The highest BCUT2D eigenvalue weighted by Gasteiger charge is 2.60. The van der Waals surface area contributed by atoms with Gasteiger partial charge in [0.25, 0.3) is 0 Å². The first-order chi connectivity index (χ1) is 16.2. The number of allylic oxidation sites excluding steroid dienone is 8. The lowest BCUT2D eigenvalue weighted by atomic mass is 9.41. The zero-order valence-corrected chi connectivity index (χ0v) is 23.7. The first-order valence-electron chi connectivity index (χ1n) is 13.5. The predicted octanol–water partition coefficient (Wildman–Crippen LogP) is 9.93. The van der Waals surface area contributed by atoms with Crippen LogP contribution in [0.15, 0.2) is 64.8 Å². The molecule has 4 aliphatic carbocycles. The zero-order valence-electron chi connectivity index (χ0n) is 23.7. The van der Waals surface area contributed by atoms with Crippen molar-refractivity contribution in [2.24, 2.45) is 16.2 Å². The summed E-state index contributed by atoms with van der Waals surface area (Å²) in [6.45, 7) is 35.4. The Morgan fingerprint density at radius 1 is 1.00 bits per heavy atom. The normalized spacial score (nSPS) is 31.9. The lowest BCUT2D eigenvalue weighted by molar-refractivity contribution is 0.0543. The molecule has 0 saturated heterocycles. The molecule has 35 heavy (non-hydrogen) atoms. The maximum atomic E-state index is 4.88. The van der Waals surface area contributed by atoms with E-state index in [1.807, 2.05) is 0 Å². The lowest BCUT2D eigenvalue weighted by Gasteiger charge is -2.62. The molecule has 0 bridgehead atoms. The largest absolute Gasteiger partial charge is 0.0955 e. The maximum Gasteiger partial charge on any atom is 0.0194 e. The lowest BCUT2D eigenvalue weighted by Crippen LogP contribution is -2.52. The van der Waals surface area contributed by atoms with Gasteiger partial charge >= 0.3 is 0 Å². The van der Waals surface area contributed by atoms with Crippen LogP contribution in [0.2, 0.25) is 0 Å². The van der Waals surface area contributed by atoms with Gasteiger partial charge in [0.05, 0.1) is 0 Å². The molecule has 0 saturated carbocycles. The van der Waals surface area contributed by atoms with Crippen molar-refractivity contribution in [2.75, 3.05) is 0 Å². The van der Waals surface area contributed by atoms with Gasteiger partial charge in [-0.1, -0.05) is 88.8 Å². The predicted molar refractivity (Wildman–Crippen MR) is 154 cm³/mol. The van der Waals surface area contributed by atoms with Gasteiger partial charge in [0, 0.05) is 5.41 Å². The molecule has 0 radical (unpaired) electrons. The van der Waals surface area contributed by atoms with Crippen LogP contribution in [-0.4, -0.2) is 0 Å². The van der Waals surface area contributed by atoms with Gasteiger partial charge in [0.1, 0.15) is 0 Å². The number of benzene rings is 1. The van der Waals surface area contributed by atoms with E-state index in [9.17, 15) is 0 Å². The van der Waals surface area contributed by atoms with Crippen molar-refractivity contribution in [3.63, 3.8) is 0 Å². The van der Waals surface area contributed by atoms with Crippen molar-refractivity contribution in [1.29, 1.82) is 0 Å². The molecule has 184 valence electrons. The molecule has 5 rings (SSSR count). The third-order valence-corrected chi connectivity index (χ3v) is 10.4. The van der Waals surface area contributed by atoms with Crippen molar-refractivity contribution in [3.8, 4) is 0 Å². The van der Waals surface area contributed by atoms with Crippen LogP contribution in [0.3, 0.4) is 0 Å². The summed E-state index contributed by atoms with van der Waals surface area (Å²) in [6.07, 6.45) is 6.84. The molecule has 0 nitrogen and oxygen atoms in total. The van der Waals surface area contributed by atoms with Gasteiger partial charge in [-0.05, 0) is 120 Å². The van der Waals surface area contributed by atoms with Gasteiger partial charge in [0.2, 0.25) is 0 Å². The molecule has 4 aliphatic rings. The molecule has 1 aromatic carbocycles. The molecule has 0 unspecified atom stereocenters. The van der Waals surface area contributed by atoms with E-state index in [0.717, 1.165) is 31.3 Å². The Balaban J connectivity index is 1.80. The number of rotatable bonds is 2. The van der Waals surface area contributed by atoms with Crippen LogP contribution in [0.25, 0.3) is 11.6 Å². The first kappa shape index (κ1) is 24.4. The monoisotopic (exact) mass is 464 g/mol. The van der Waals surface area contributed by atoms with Crippen LogP contribution in [0.4, 0.5) is 0 Å². The van der Waals surface area contributed by atoms with Gasteiger partial charge in [-0.2, -0.15) is 0 Å². The summed E-state index contributed by atoms with van der Waals surface area (Å²) >= 11 is 0. The summed E-state index contributed by atoms with van der Waals surface area (Å²) in [7, 11) is 0. The smallest absolute Gasteiger partial charge is 0.0194 e. The van der Waals surface area contributed by atoms with Gasteiger partial charge in [-0.3, -0.25) is 0 Å². The Morgan fingerprint density at radius 3 is 2.26 bits per heavy atom. The highest BCUT2D eigenvalue weighted by molar-refractivity contribution is 5.90. The SMILES string of the molecule is C=C(C)C1=C(C)C[C@@]2(C)C[C@@]3(C)Cc4c(C(C)C)cc5c(c4C(=C)C3=C(C)[C@@]2(C)C1=C)CC(C)=C5. The summed E-state index contributed by atoms with van der Waals surface area (Å²) in [6, 6.07) is 2.50. The minimum atomic E-state index is -0.0942. The molecule has 0 N–H and O–H groups in total. The second-order valence-electron chi connectivity index (χ2n) is 13.4. The third-order valence-electron chi connectivity index (χ3n) is 10.4. The summed E-state index contributed by atoms with van der Waals surface area (Å²) in [4.78, 5) is 0. The van der Waals surface area contributed by atoms with Crippen molar-refractivity contribution in [1.82, 2.24) is 0 Å². The quantitative estimate of drug-likeness (QED) is 0.408. The fourth-order valence-electron chi connectivity index (χ4n) is 8.97. The molecule has 0 heterocycles. The second-order valence-corrected chi connectivity index (χ2v) is 13.4. The second kappa shape index (κ2) is 7.34. The van der Waals surface area contributed by atoms with Crippen LogP contribution in [0.1, 0.15) is 109 Å². The van der Waals surface area contributed by atoms with E-state index in [1.54, 1.807) is 5.56 Å². The molecule has 0 heteroatoms. The summed E-state index contributed by atoms with van der Waals surface area (Å²) in [5.74, 6) is 0.508. The highest BCUT2D eigenvalue weighted by atomic mass is 14.6.